The monoisotopic (exact) mass is 849 g/mol. The second-order valence-electron chi connectivity index (χ2n) is 16.2. The van der Waals surface area contributed by atoms with Crippen LogP contribution in [0.3, 0.4) is 0 Å². The summed E-state index contributed by atoms with van der Waals surface area (Å²) in [6, 6.07) is 0. The van der Waals surface area contributed by atoms with Crippen LogP contribution in [0.4, 0.5) is 0 Å². The van der Waals surface area contributed by atoms with Crippen molar-refractivity contribution in [2.24, 2.45) is 0 Å². The maximum atomic E-state index is 12.9. The number of esters is 2. The molecule has 0 bridgehead atoms. The third-order valence-corrected chi connectivity index (χ3v) is 11.0. The van der Waals surface area contributed by atoms with E-state index in [0.29, 0.717) is 12.8 Å². The summed E-state index contributed by atoms with van der Waals surface area (Å²) >= 11 is 0. The fourth-order valence-electron chi connectivity index (χ4n) is 7.15. The lowest BCUT2D eigenvalue weighted by molar-refractivity contribution is -0.332. The summed E-state index contributed by atoms with van der Waals surface area (Å²) in [5, 5.41) is 71.7. The minimum Gasteiger partial charge on any atom is -0.462 e. The van der Waals surface area contributed by atoms with Gasteiger partial charge < -0.3 is 64.2 Å². The zero-order valence-corrected chi connectivity index (χ0v) is 36.0. The van der Waals surface area contributed by atoms with Gasteiger partial charge in [0.1, 0.15) is 55.4 Å². The maximum absolute atomic E-state index is 12.9. The van der Waals surface area contributed by atoms with Crippen molar-refractivity contribution in [2.45, 2.75) is 229 Å². The van der Waals surface area contributed by atoms with Crippen LogP contribution in [-0.2, 0) is 38.0 Å². The first kappa shape index (κ1) is 53.4. The predicted molar refractivity (Wildman–Crippen MR) is 220 cm³/mol. The molecule has 0 aliphatic carbocycles. The molecule has 0 amide bonds. The number of allylic oxidation sites excluding steroid dienone is 2. The highest BCUT2D eigenvalue weighted by Gasteiger charge is 2.47. The molecule has 0 saturated carbocycles. The smallest absolute Gasteiger partial charge is 0.306 e. The van der Waals surface area contributed by atoms with Crippen LogP contribution in [0.5, 0.6) is 0 Å². The molecule has 11 atom stereocenters. The SMILES string of the molecule is CCCCCCCC/C=C\CCCCCCCC(=O)OC(COC(=O)CCCCCCCCCC)COC1OC(COC2OC(CO)C(O)C(O)C2O)C(O)C(O)C1O. The van der Waals surface area contributed by atoms with Gasteiger partial charge in [-0.05, 0) is 38.5 Å². The van der Waals surface area contributed by atoms with Crippen LogP contribution in [0.15, 0.2) is 12.2 Å². The number of unbranched alkanes of at least 4 members (excludes halogenated alkanes) is 18. The number of aliphatic hydroxyl groups is 7. The molecule has 0 aromatic rings. The summed E-state index contributed by atoms with van der Waals surface area (Å²) in [5.74, 6) is -0.936. The first-order chi connectivity index (χ1) is 28.5. The van der Waals surface area contributed by atoms with Gasteiger partial charge in [0.15, 0.2) is 18.7 Å². The molecule has 59 heavy (non-hydrogen) atoms. The number of carbonyl (C=O) groups excluding carboxylic acids is 2. The van der Waals surface area contributed by atoms with E-state index in [4.69, 9.17) is 28.4 Å². The van der Waals surface area contributed by atoms with E-state index < -0.39 is 92.7 Å². The zero-order chi connectivity index (χ0) is 43.3. The Morgan fingerprint density at radius 3 is 1.49 bits per heavy atom. The highest BCUT2D eigenvalue weighted by Crippen LogP contribution is 2.26. The number of ether oxygens (including phenoxy) is 6. The quantitative estimate of drug-likeness (QED) is 0.0266. The van der Waals surface area contributed by atoms with Gasteiger partial charge in [-0.25, -0.2) is 0 Å². The molecule has 346 valence electrons. The van der Waals surface area contributed by atoms with Gasteiger partial charge in [-0.2, -0.15) is 0 Å². The molecule has 15 heteroatoms. The van der Waals surface area contributed by atoms with E-state index in [9.17, 15) is 45.3 Å². The van der Waals surface area contributed by atoms with E-state index in [1.165, 1.54) is 64.2 Å². The van der Waals surface area contributed by atoms with E-state index >= 15 is 0 Å². The van der Waals surface area contributed by atoms with Gasteiger partial charge in [0.2, 0.25) is 0 Å². The highest BCUT2D eigenvalue weighted by atomic mass is 16.7. The standard InChI is InChI=1S/C44H80O15/c1-3-5-7-9-11-13-14-15-16-17-18-19-21-23-25-27-36(47)57-32(29-54-35(46)26-24-22-20-12-10-8-6-4-2)30-55-43-42(53)40(51)38(49)34(59-43)31-56-44-41(52)39(50)37(48)33(28-45)58-44/h15-16,32-34,37-45,48-53H,3-14,17-31H2,1-2H3/b16-15-. The zero-order valence-electron chi connectivity index (χ0n) is 36.0. The average molecular weight is 849 g/mol. The van der Waals surface area contributed by atoms with Crippen LogP contribution in [0.1, 0.15) is 162 Å². The molecule has 2 rings (SSSR count). The predicted octanol–water partition coefficient (Wildman–Crippen LogP) is 4.65. The van der Waals surface area contributed by atoms with Crippen molar-refractivity contribution in [3.05, 3.63) is 12.2 Å². The van der Waals surface area contributed by atoms with Crippen molar-refractivity contribution in [2.75, 3.05) is 26.4 Å². The largest absolute Gasteiger partial charge is 0.462 e. The molecular formula is C44H80O15. The fourth-order valence-corrected chi connectivity index (χ4v) is 7.15. The first-order valence-corrected chi connectivity index (χ1v) is 22.8. The van der Waals surface area contributed by atoms with E-state index in [1.807, 2.05) is 0 Å². The van der Waals surface area contributed by atoms with Gasteiger partial charge in [0.05, 0.1) is 19.8 Å². The van der Waals surface area contributed by atoms with E-state index in [-0.39, 0.29) is 26.1 Å². The molecule has 11 unspecified atom stereocenters. The van der Waals surface area contributed by atoms with Crippen molar-refractivity contribution in [1.82, 2.24) is 0 Å². The Morgan fingerprint density at radius 2 is 0.966 bits per heavy atom. The highest BCUT2D eigenvalue weighted by molar-refractivity contribution is 5.70. The summed E-state index contributed by atoms with van der Waals surface area (Å²) in [6.07, 6.45) is 11.3. The summed E-state index contributed by atoms with van der Waals surface area (Å²) < 4.78 is 33.4. The third-order valence-electron chi connectivity index (χ3n) is 11.0. The summed E-state index contributed by atoms with van der Waals surface area (Å²) in [4.78, 5) is 25.5. The molecule has 2 saturated heterocycles. The third kappa shape index (κ3) is 22.2. The maximum Gasteiger partial charge on any atom is 0.306 e. The molecule has 2 aliphatic heterocycles. The minimum atomic E-state index is -1.76. The van der Waals surface area contributed by atoms with Crippen LogP contribution >= 0.6 is 0 Å². The second kappa shape index (κ2) is 32.9. The van der Waals surface area contributed by atoms with Crippen molar-refractivity contribution in [3.63, 3.8) is 0 Å². The van der Waals surface area contributed by atoms with Crippen molar-refractivity contribution in [3.8, 4) is 0 Å². The molecule has 0 aromatic heterocycles. The Morgan fingerprint density at radius 1 is 0.525 bits per heavy atom. The van der Waals surface area contributed by atoms with E-state index in [1.54, 1.807) is 0 Å². The molecule has 15 nitrogen and oxygen atoms in total. The number of carbonyl (C=O) groups is 2. The van der Waals surface area contributed by atoms with Crippen LogP contribution in [-0.4, -0.2) is 142 Å². The number of rotatable bonds is 34. The minimum absolute atomic E-state index is 0.158. The van der Waals surface area contributed by atoms with Crippen molar-refractivity contribution < 1.29 is 73.8 Å². The normalized spacial score (nSPS) is 27.9. The topological polar surface area (TPSA) is 231 Å². The summed E-state index contributed by atoms with van der Waals surface area (Å²) in [5.41, 5.74) is 0. The van der Waals surface area contributed by atoms with Crippen LogP contribution in [0.25, 0.3) is 0 Å². The molecule has 0 radical (unpaired) electrons. The van der Waals surface area contributed by atoms with Gasteiger partial charge in [-0.15, -0.1) is 0 Å². The lowest BCUT2D eigenvalue weighted by Gasteiger charge is -2.42. The van der Waals surface area contributed by atoms with Crippen molar-refractivity contribution in [1.29, 1.82) is 0 Å². The fraction of sp³-hybridized carbons (Fsp3) is 0.909. The number of hydrogen-bond acceptors (Lipinski definition) is 15. The summed E-state index contributed by atoms with van der Waals surface area (Å²) in [6.45, 7) is 2.52. The lowest BCUT2D eigenvalue weighted by atomic mass is 9.98. The van der Waals surface area contributed by atoms with E-state index in [2.05, 4.69) is 26.0 Å². The first-order valence-electron chi connectivity index (χ1n) is 22.8. The Kier molecular flexibility index (Phi) is 29.8. The molecule has 0 aromatic carbocycles. The molecule has 7 N–H and O–H groups in total. The second-order valence-corrected chi connectivity index (χ2v) is 16.2. The molecule has 2 heterocycles. The Bertz CT molecular complexity index is 1090. The van der Waals surface area contributed by atoms with Gasteiger partial charge in [0, 0.05) is 12.8 Å². The van der Waals surface area contributed by atoms with Gasteiger partial charge in [-0.3, -0.25) is 9.59 Å². The molecule has 2 fully saturated rings. The van der Waals surface area contributed by atoms with Crippen LogP contribution < -0.4 is 0 Å². The number of hydrogen-bond donors (Lipinski definition) is 7. The molecule has 2 aliphatic rings. The van der Waals surface area contributed by atoms with Crippen LogP contribution in [0, 0.1) is 0 Å². The Hall–Kier alpha value is -1.76. The van der Waals surface area contributed by atoms with E-state index in [0.717, 1.165) is 57.8 Å². The van der Waals surface area contributed by atoms with Crippen LogP contribution in [0.2, 0.25) is 0 Å². The van der Waals surface area contributed by atoms with Gasteiger partial charge in [0.25, 0.3) is 0 Å². The van der Waals surface area contributed by atoms with Crippen molar-refractivity contribution >= 4 is 11.9 Å². The van der Waals surface area contributed by atoms with Gasteiger partial charge >= 0.3 is 11.9 Å². The number of aliphatic hydroxyl groups excluding tert-OH is 7. The average Bonchev–Trinajstić information content (AvgIpc) is 3.23. The lowest BCUT2D eigenvalue weighted by Crippen LogP contribution is -2.61. The molecular weight excluding hydrogens is 768 g/mol. The summed E-state index contributed by atoms with van der Waals surface area (Å²) in [7, 11) is 0. The Balaban J connectivity index is 1.85. The van der Waals surface area contributed by atoms with Gasteiger partial charge in [-0.1, -0.05) is 122 Å². The Labute approximate surface area is 352 Å². The molecule has 0 spiro atoms.